The van der Waals surface area contributed by atoms with Crippen LogP contribution in [0, 0.1) is 11.3 Å². The van der Waals surface area contributed by atoms with Crippen LogP contribution in [0.2, 0.25) is 5.02 Å². The SMILES string of the molecule is CO[C@@H]1COC[C@]1(C)N1CCN(c2cc3cc(NC(=O)[C@@H]4CC45CCOCC5)ncc3cc2Cl)CC1. The summed E-state index contributed by atoms with van der Waals surface area (Å²) in [6.07, 6.45) is 4.79. The van der Waals surface area contributed by atoms with Crippen molar-refractivity contribution in [3.05, 3.63) is 29.4 Å². The Bertz CT molecular complexity index is 1150. The summed E-state index contributed by atoms with van der Waals surface area (Å²) in [6.45, 7) is 8.68. The molecule has 3 atom stereocenters. The Hall–Kier alpha value is -1.97. The Labute approximate surface area is 217 Å². The molecule has 1 spiro atoms. The second-order valence-corrected chi connectivity index (χ2v) is 11.4. The van der Waals surface area contributed by atoms with Crippen molar-refractivity contribution in [2.45, 2.75) is 37.8 Å². The summed E-state index contributed by atoms with van der Waals surface area (Å²) in [7, 11) is 1.77. The first-order valence-corrected chi connectivity index (χ1v) is 13.4. The lowest BCUT2D eigenvalue weighted by atomic mass is 9.93. The monoisotopic (exact) mass is 514 g/mol. The van der Waals surface area contributed by atoms with Gasteiger partial charge in [-0.3, -0.25) is 9.69 Å². The molecule has 2 aromatic rings. The third-order valence-electron chi connectivity index (χ3n) is 9.02. The lowest BCUT2D eigenvalue weighted by molar-refractivity contribution is -0.118. The van der Waals surface area contributed by atoms with Crippen molar-refractivity contribution in [2.24, 2.45) is 11.3 Å². The predicted molar refractivity (Wildman–Crippen MR) is 140 cm³/mol. The summed E-state index contributed by atoms with van der Waals surface area (Å²) >= 11 is 6.73. The maximum absolute atomic E-state index is 12.9. The molecule has 194 valence electrons. The molecule has 1 aromatic heterocycles. The van der Waals surface area contributed by atoms with Crippen LogP contribution in [0.25, 0.3) is 10.8 Å². The number of aromatic nitrogens is 1. The fourth-order valence-corrected chi connectivity index (χ4v) is 6.74. The van der Waals surface area contributed by atoms with Crippen molar-refractivity contribution in [3.8, 4) is 0 Å². The Kier molecular flexibility index (Phi) is 6.37. The van der Waals surface area contributed by atoms with Crippen LogP contribution in [0.1, 0.15) is 26.2 Å². The van der Waals surface area contributed by atoms with Gasteiger partial charge in [-0.05, 0) is 55.2 Å². The van der Waals surface area contributed by atoms with Crippen LogP contribution < -0.4 is 10.2 Å². The van der Waals surface area contributed by atoms with E-state index in [2.05, 4.69) is 33.1 Å². The molecular formula is C27H35ClN4O4. The highest BCUT2D eigenvalue weighted by atomic mass is 35.5. The zero-order valence-electron chi connectivity index (χ0n) is 21.1. The molecule has 0 bridgehead atoms. The number of nitrogens with zero attached hydrogens (tertiary/aromatic N) is 3. The highest BCUT2D eigenvalue weighted by molar-refractivity contribution is 6.34. The van der Waals surface area contributed by atoms with E-state index in [4.69, 9.17) is 25.8 Å². The van der Waals surface area contributed by atoms with Crippen molar-refractivity contribution >= 4 is 39.8 Å². The number of carbonyl (C=O) groups excluding carboxylic acids is 1. The summed E-state index contributed by atoms with van der Waals surface area (Å²) < 4.78 is 16.9. The van der Waals surface area contributed by atoms with Gasteiger partial charge in [0.2, 0.25) is 5.91 Å². The molecule has 1 aromatic carbocycles. The lowest BCUT2D eigenvalue weighted by Gasteiger charge is -2.46. The van der Waals surface area contributed by atoms with E-state index in [1.54, 1.807) is 13.3 Å². The van der Waals surface area contributed by atoms with E-state index in [0.717, 1.165) is 80.1 Å². The Morgan fingerprint density at radius 3 is 2.67 bits per heavy atom. The molecule has 3 aliphatic heterocycles. The van der Waals surface area contributed by atoms with Gasteiger partial charge in [-0.15, -0.1) is 0 Å². The topological polar surface area (TPSA) is 76.2 Å². The number of anilines is 2. The lowest BCUT2D eigenvalue weighted by Crippen LogP contribution is -2.61. The average molecular weight is 515 g/mol. The summed E-state index contributed by atoms with van der Waals surface area (Å²) in [5, 5.41) is 5.77. The van der Waals surface area contributed by atoms with E-state index in [9.17, 15) is 4.79 Å². The van der Waals surface area contributed by atoms with Crippen molar-refractivity contribution in [1.29, 1.82) is 0 Å². The molecule has 1 amide bonds. The first-order chi connectivity index (χ1) is 17.4. The normalized spacial score (nSPS) is 30.1. The number of halogens is 1. The summed E-state index contributed by atoms with van der Waals surface area (Å²) in [6, 6.07) is 6.06. The third-order valence-corrected chi connectivity index (χ3v) is 9.32. The average Bonchev–Trinajstić information content (AvgIpc) is 3.44. The second kappa shape index (κ2) is 9.40. The van der Waals surface area contributed by atoms with Crippen molar-refractivity contribution < 1.29 is 19.0 Å². The van der Waals surface area contributed by atoms with Crippen LogP contribution in [0.4, 0.5) is 11.5 Å². The molecule has 1 saturated carbocycles. The minimum atomic E-state index is -0.0996. The molecule has 9 heteroatoms. The van der Waals surface area contributed by atoms with Gasteiger partial charge in [-0.1, -0.05) is 11.6 Å². The van der Waals surface area contributed by atoms with Gasteiger partial charge in [0.15, 0.2) is 0 Å². The van der Waals surface area contributed by atoms with Crippen LogP contribution in [0.3, 0.4) is 0 Å². The number of benzene rings is 1. The van der Waals surface area contributed by atoms with E-state index in [1.165, 1.54) is 0 Å². The third kappa shape index (κ3) is 4.27. The molecule has 1 aliphatic carbocycles. The van der Waals surface area contributed by atoms with Gasteiger partial charge < -0.3 is 24.4 Å². The van der Waals surface area contributed by atoms with Crippen LogP contribution in [-0.2, 0) is 19.0 Å². The minimum absolute atomic E-state index is 0.0702. The van der Waals surface area contributed by atoms with Gasteiger partial charge in [0.05, 0.1) is 29.5 Å². The molecule has 6 rings (SSSR count). The number of hydrogen-bond acceptors (Lipinski definition) is 7. The van der Waals surface area contributed by atoms with E-state index < -0.39 is 0 Å². The summed E-state index contributed by atoms with van der Waals surface area (Å²) in [5.41, 5.74) is 1.07. The van der Waals surface area contributed by atoms with Gasteiger partial charge in [0.1, 0.15) is 11.9 Å². The molecule has 4 aliphatic rings. The Morgan fingerprint density at radius 1 is 1.14 bits per heavy atom. The van der Waals surface area contributed by atoms with Crippen molar-refractivity contribution in [2.75, 3.05) is 69.9 Å². The van der Waals surface area contributed by atoms with Crippen molar-refractivity contribution in [1.82, 2.24) is 9.88 Å². The van der Waals surface area contributed by atoms with E-state index in [1.807, 2.05) is 12.1 Å². The highest BCUT2D eigenvalue weighted by Gasteiger charge is 2.58. The number of amides is 1. The van der Waals surface area contributed by atoms with Gasteiger partial charge in [-0.25, -0.2) is 4.98 Å². The quantitative estimate of drug-likeness (QED) is 0.653. The number of fused-ring (bicyclic) bond motifs is 1. The molecular weight excluding hydrogens is 480 g/mol. The van der Waals surface area contributed by atoms with Crippen molar-refractivity contribution in [3.63, 3.8) is 0 Å². The Morgan fingerprint density at radius 2 is 1.92 bits per heavy atom. The summed E-state index contributed by atoms with van der Waals surface area (Å²) in [5.74, 6) is 0.744. The number of carbonyl (C=O) groups is 1. The van der Waals surface area contributed by atoms with E-state index in [0.29, 0.717) is 19.0 Å². The second-order valence-electron chi connectivity index (χ2n) is 11.0. The van der Waals surface area contributed by atoms with Gasteiger partial charge >= 0.3 is 0 Å². The largest absolute Gasteiger partial charge is 0.381 e. The maximum atomic E-state index is 12.9. The van der Waals surface area contributed by atoms with E-state index in [-0.39, 0.29) is 28.9 Å². The Balaban J connectivity index is 1.15. The fourth-order valence-electron chi connectivity index (χ4n) is 6.45. The van der Waals surface area contributed by atoms with Gasteiger partial charge in [0, 0.05) is 64.0 Å². The zero-order valence-corrected chi connectivity index (χ0v) is 21.9. The molecule has 0 unspecified atom stereocenters. The molecule has 1 N–H and O–H groups in total. The summed E-state index contributed by atoms with van der Waals surface area (Å²) in [4.78, 5) is 22.2. The number of ether oxygens (including phenoxy) is 3. The molecule has 3 saturated heterocycles. The number of piperazine rings is 1. The maximum Gasteiger partial charge on any atom is 0.229 e. The zero-order chi connectivity index (χ0) is 24.9. The predicted octanol–water partition coefficient (Wildman–Crippen LogP) is 3.57. The molecule has 4 fully saturated rings. The first-order valence-electron chi connectivity index (χ1n) is 13.0. The van der Waals surface area contributed by atoms with Crippen LogP contribution >= 0.6 is 11.6 Å². The molecule has 0 radical (unpaired) electrons. The molecule has 8 nitrogen and oxygen atoms in total. The van der Waals surface area contributed by atoms with E-state index >= 15 is 0 Å². The first kappa shape index (κ1) is 24.4. The van der Waals surface area contributed by atoms with Gasteiger partial charge in [0.25, 0.3) is 0 Å². The smallest absolute Gasteiger partial charge is 0.229 e. The number of hydrogen-bond donors (Lipinski definition) is 1. The van der Waals surface area contributed by atoms with Crippen LogP contribution in [0.15, 0.2) is 24.4 Å². The minimum Gasteiger partial charge on any atom is -0.381 e. The fraction of sp³-hybridized carbons (Fsp3) is 0.630. The number of rotatable bonds is 5. The number of nitrogens with one attached hydrogen (secondary N) is 1. The number of pyridine rings is 1. The number of methoxy groups -OCH3 is 1. The highest BCUT2D eigenvalue weighted by Crippen LogP contribution is 2.59. The standard InChI is InChI=1S/C27H35ClN4O4/c1-26(17-36-16-23(26)34-2)32-7-5-31(6-8-32)22-12-18-13-24(29-15-19(18)11-21(22)28)30-25(33)20-14-27(20)3-9-35-10-4-27/h11-13,15,20,23H,3-10,14,16-17H2,1-2H3,(H,29,30,33)/t20-,23+,26-/m0/s1. The van der Waals surface area contributed by atoms with Gasteiger partial charge in [-0.2, -0.15) is 0 Å². The molecule has 36 heavy (non-hydrogen) atoms. The molecule has 4 heterocycles. The van der Waals surface area contributed by atoms with Crippen LogP contribution in [0.5, 0.6) is 0 Å². The van der Waals surface area contributed by atoms with Crippen LogP contribution in [-0.4, -0.2) is 87.2 Å².